The Bertz CT molecular complexity index is 277. The van der Waals surface area contributed by atoms with E-state index in [0.29, 0.717) is 0 Å². The SMILES string of the molecule is C=C(C)/C(F)=C\C(=C/CF)C(=O)O. The Morgan fingerprint density at radius 3 is 2.46 bits per heavy atom. The molecule has 0 radical (unpaired) electrons. The highest BCUT2D eigenvalue weighted by Crippen LogP contribution is 2.11. The van der Waals surface area contributed by atoms with Crippen molar-refractivity contribution in [2.75, 3.05) is 6.67 Å². The first-order valence-corrected chi connectivity index (χ1v) is 3.51. The van der Waals surface area contributed by atoms with E-state index in [2.05, 4.69) is 6.58 Å². The fourth-order valence-electron chi connectivity index (χ4n) is 0.551. The third kappa shape index (κ3) is 4.20. The van der Waals surface area contributed by atoms with Crippen LogP contribution in [0.15, 0.2) is 35.7 Å². The topological polar surface area (TPSA) is 37.3 Å². The van der Waals surface area contributed by atoms with Crippen molar-refractivity contribution in [3.05, 3.63) is 35.7 Å². The molecule has 72 valence electrons. The predicted molar refractivity (Wildman–Crippen MR) is 45.7 cm³/mol. The van der Waals surface area contributed by atoms with Crippen LogP contribution in [-0.2, 0) is 4.79 Å². The van der Waals surface area contributed by atoms with Gasteiger partial charge in [0, 0.05) is 0 Å². The zero-order valence-electron chi connectivity index (χ0n) is 7.18. The van der Waals surface area contributed by atoms with Gasteiger partial charge in [-0.2, -0.15) is 0 Å². The maximum Gasteiger partial charge on any atom is 0.335 e. The van der Waals surface area contributed by atoms with E-state index in [-0.39, 0.29) is 5.57 Å². The summed E-state index contributed by atoms with van der Waals surface area (Å²) >= 11 is 0. The van der Waals surface area contributed by atoms with Crippen molar-refractivity contribution in [2.24, 2.45) is 0 Å². The van der Waals surface area contributed by atoms with Crippen molar-refractivity contribution >= 4 is 5.97 Å². The van der Waals surface area contributed by atoms with Gasteiger partial charge in [0.25, 0.3) is 0 Å². The fraction of sp³-hybridized carbons (Fsp3) is 0.222. The van der Waals surface area contributed by atoms with Crippen molar-refractivity contribution in [3.8, 4) is 0 Å². The summed E-state index contributed by atoms with van der Waals surface area (Å²) in [4.78, 5) is 10.4. The monoisotopic (exact) mass is 188 g/mol. The third-order valence-corrected chi connectivity index (χ3v) is 1.23. The van der Waals surface area contributed by atoms with E-state index >= 15 is 0 Å². The highest BCUT2D eigenvalue weighted by atomic mass is 19.1. The lowest BCUT2D eigenvalue weighted by Gasteiger charge is -1.96. The van der Waals surface area contributed by atoms with Crippen molar-refractivity contribution in [2.45, 2.75) is 6.92 Å². The van der Waals surface area contributed by atoms with Gasteiger partial charge in [-0.25, -0.2) is 13.6 Å². The lowest BCUT2D eigenvalue weighted by molar-refractivity contribution is -0.132. The molecule has 0 saturated heterocycles. The number of rotatable bonds is 4. The number of hydrogen-bond donors (Lipinski definition) is 1. The second-order valence-electron chi connectivity index (χ2n) is 2.39. The molecule has 0 unspecified atom stereocenters. The summed E-state index contributed by atoms with van der Waals surface area (Å²) in [6, 6.07) is 0. The van der Waals surface area contributed by atoms with Gasteiger partial charge in [-0.15, -0.1) is 0 Å². The minimum Gasteiger partial charge on any atom is -0.478 e. The standard InChI is InChI=1S/C9H10F2O2/c1-6(2)8(11)5-7(3-4-10)9(12)13/h3,5H,1,4H2,2H3,(H,12,13)/b7-3+,8-5+. The molecule has 0 saturated carbocycles. The Labute approximate surface area is 74.9 Å². The van der Waals surface area contributed by atoms with E-state index < -0.39 is 24.0 Å². The molecule has 0 aliphatic carbocycles. The van der Waals surface area contributed by atoms with Gasteiger partial charge in [0.15, 0.2) is 0 Å². The summed E-state index contributed by atoms with van der Waals surface area (Å²) in [5.74, 6) is -2.13. The van der Waals surface area contributed by atoms with Gasteiger partial charge in [0.2, 0.25) is 0 Å². The first kappa shape index (κ1) is 11.6. The molecule has 0 aliphatic heterocycles. The molecule has 0 atom stereocenters. The van der Waals surface area contributed by atoms with Gasteiger partial charge in [-0.3, -0.25) is 0 Å². The summed E-state index contributed by atoms with van der Waals surface area (Å²) < 4.78 is 24.5. The summed E-state index contributed by atoms with van der Waals surface area (Å²) in [7, 11) is 0. The average molecular weight is 188 g/mol. The smallest absolute Gasteiger partial charge is 0.335 e. The van der Waals surface area contributed by atoms with Crippen molar-refractivity contribution in [1.82, 2.24) is 0 Å². The molecule has 0 rings (SSSR count). The van der Waals surface area contributed by atoms with Gasteiger partial charge in [0.05, 0.1) is 5.57 Å². The molecule has 1 N–H and O–H groups in total. The van der Waals surface area contributed by atoms with Gasteiger partial charge >= 0.3 is 5.97 Å². The maximum atomic E-state index is 12.8. The van der Waals surface area contributed by atoms with Crippen LogP contribution in [-0.4, -0.2) is 17.8 Å². The minimum atomic E-state index is -1.37. The van der Waals surface area contributed by atoms with E-state index in [1.54, 1.807) is 0 Å². The second kappa shape index (κ2) is 5.24. The van der Waals surface area contributed by atoms with E-state index in [4.69, 9.17) is 5.11 Å². The number of hydrogen-bond acceptors (Lipinski definition) is 1. The molecule has 13 heavy (non-hydrogen) atoms. The molecule has 0 amide bonds. The molecule has 2 nitrogen and oxygen atoms in total. The van der Waals surface area contributed by atoms with Gasteiger partial charge < -0.3 is 5.11 Å². The van der Waals surface area contributed by atoms with Crippen LogP contribution in [0.5, 0.6) is 0 Å². The third-order valence-electron chi connectivity index (χ3n) is 1.23. The fourth-order valence-corrected chi connectivity index (χ4v) is 0.551. The van der Waals surface area contributed by atoms with E-state index in [1.807, 2.05) is 0 Å². The number of carbonyl (C=O) groups is 1. The lowest BCUT2D eigenvalue weighted by atomic mass is 10.2. The Balaban J connectivity index is 4.81. The number of allylic oxidation sites excluding steroid dienone is 3. The van der Waals surface area contributed by atoms with Gasteiger partial charge in [-0.1, -0.05) is 6.58 Å². The minimum absolute atomic E-state index is 0.103. The molecule has 0 aromatic carbocycles. The quantitative estimate of drug-likeness (QED) is 0.543. The molecule has 0 spiro atoms. The Morgan fingerprint density at radius 1 is 1.62 bits per heavy atom. The Morgan fingerprint density at radius 2 is 2.15 bits per heavy atom. The van der Waals surface area contributed by atoms with Crippen molar-refractivity contribution in [1.29, 1.82) is 0 Å². The highest BCUT2D eigenvalue weighted by Gasteiger charge is 2.05. The van der Waals surface area contributed by atoms with Crippen LogP contribution < -0.4 is 0 Å². The van der Waals surface area contributed by atoms with Crippen molar-refractivity contribution in [3.63, 3.8) is 0 Å². The Kier molecular flexibility index (Phi) is 4.66. The van der Waals surface area contributed by atoms with Crippen LogP contribution in [0, 0.1) is 0 Å². The molecule has 0 aliphatic rings. The number of carboxylic acids is 1. The molecule has 0 heterocycles. The molecular weight excluding hydrogens is 178 g/mol. The van der Waals surface area contributed by atoms with E-state index in [1.165, 1.54) is 6.92 Å². The number of halogens is 2. The number of alkyl halides is 1. The predicted octanol–water partition coefficient (Wildman–Crippen LogP) is 2.40. The normalized spacial score (nSPS) is 12.8. The van der Waals surface area contributed by atoms with E-state index in [9.17, 15) is 13.6 Å². The van der Waals surface area contributed by atoms with Gasteiger partial charge in [-0.05, 0) is 24.6 Å². The van der Waals surface area contributed by atoms with Crippen LogP contribution in [0.25, 0.3) is 0 Å². The molecular formula is C9H10F2O2. The van der Waals surface area contributed by atoms with E-state index in [0.717, 1.165) is 12.2 Å². The van der Waals surface area contributed by atoms with Crippen molar-refractivity contribution < 1.29 is 18.7 Å². The number of carboxylic acid groups (broad SMARTS) is 1. The zero-order chi connectivity index (χ0) is 10.4. The maximum absolute atomic E-state index is 12.8. The molecule has 0 fully saturated rings. The van der Waals surface area contributed by atoms with Crippen LogP contribution in [0.2, 0.25) is 0 Å². The summed E-state index contributed by atoms with van der Waals surface area (Å²) in [5.41, 5.74) is -0.311. The molecule has 0 bridgehead atoms. The highest BCUT2D eigenvalue weighted by molar-refractivity contribution is 5.90. The summed E-state index contributed by atoms with van der Waals surface area (Å²) in [5, 5.41) is 8.46. The van der Waals surface area contributed by atoms with Crippen LogP contribution in [0.3, 0.4) is 0 Å². The van der Waals surface area contributed by atoms with Crippen LogP contribution in [0.4, 0.5) is 8.78 Å². The molecule has 0 aromatic rings. The number of aliphatic carboxylic acids is 1. The van der Waals surface area contributed by atoms with Crippen LogP contribution >= 0.6 is 0 Å². The molecule has 4 heteroatoms. The van der Waals surface area contributed by atoms with Gasteiger partial charge in [0.1, 0.15) is 12.5 Å². The first-order chi connectivity index (χ1) is 5.99. The lowest BCUT2D eigenvalue weighted by Crippen LogP contribution is -1.98. The average Bonchev–Trinajstić information content (AvgIpc) is 2.03. The first-order valence-electron chi connectivity index (χ1n) is 3.51. The summed E-state index contributed by atoms with van der Waals surface area (Å²) in [6.45, 7) is 3.72. The second-order valence-corrected chi connectivity index (χ2v) is 2.39. The molecule has 0 aromatic heterocycles. The largest absolute Gasteiger partial charge is 0.478 e. The van der Waals surface area contributed by atoms with Crippen LogP contribution in [0.1, 0.15) is 6.92 Å². The summed E-state index contributed by atoms with van der Waals surface area (Å²) in [6.07, 6.45) is 1.52. The zero-order valence-corrected chi connectivity index (χ0v) is 7.18. The Hall–Kier alpha value is -1.45.